The SMILES string of the molecule is O=C(O)/C=C/c1cccc(-c2cnc3ccc(NCc4ccc(F)cc4)nn23)c1. The number of imidazole rings is 1. The van der Waals surface area contributed by atoms with Crippen LogP contribution in [-0.2, 0) is 11.3 Å². The fourth-order valence-electron chi connectivity index (χ4n) is 2.93. The molecule has 0 spiro atoms. The van der Waals surface area contributed by atoms with Crippen molar-refractivity contribution in [3.8, 4) is 11.3 Å². The molecule has 0 aliphatic rings. The largest absolute Gasteiger partial charge is 0.478 e. The highest BCUT2D eigenvalue weighted by molar-refractivity contribution is 5.85. The van der Waals surface area contributed by atoms with Gasteiger partial charge >= 0.3 is 5.97 Å². The van der Waals surface area contributed by atoms with E-state index in [1.54, 1.807) is 22.8 Å². The van der Waals surface area contributed by atoms with Crippen LogP contribution in [0.2, 0.25) is 0 Å². The van der Waals surface area contributed by atoms with Crippen molar-refractivity contribution in [1.82, 2.24) is 14.6 Å². The van der Waals surface area contributed by atoms with Crippen molar-refractivity contribution in [2.24, 2.45) is 0 Å². The van der Waals surface area contributed by atoms with Gasteiger partial charge < -0.3 is 10.4 Å². The Kier molecular flexibility index (Phi) is 5.03. The number of fused-ring (bicyclic) bond motifs is 1. The average Bonchev–Trinajstić information content (AvgIpc) is 3.15. The molecule has 2 N–H and O–H groups in total. The molecule has 0 unspecified atom stereocenters. The minimum absolute atomic E-state index is 0.267. The number of hydrogen-bond acceptors (Lipinski definition) is 4. The lowest BCUT2D eigenvalue weighted by Gasteiger charge is -2.08. The van der Waals surface area contributed by atoms with Crippen LogP contribution >= 0.6 is 0 Å². The molecule has 0 radical (unpaired) electrons. The van der Waals surface area contributed by atoms with E-state index in [4.69, 9.17) is 5.11 Å². The third-order valence-corrected chi connectivity index (χ3v) is 4.35. The van der Waals surface area contributed by atoms with Gasteiger partial charge in [0.25, 0.3) is 0 Å². The van der Waals surface area contributed by atoms with E-state index in [1.165, 1.54) is 18.2 Å². The van der Waals surface area contributed by atoms with Gasteiger partial charge in [-0.3, -0.25) is 0 Å². The lowest BCUT2D eigenvalue weighted by Crippen LogP contribution is -2.04. The summed E-state index contributed by atoms with van der Waals surface area (Å²) in [6.45, 7) is 0.512. The molecule has 2 heterocycles. The molecular weight excluding hydrogens is 371 g/mol. The predicted molar refractivity (Wildman–Crippen MR) is 109 cm³/mol. The molecule has 7 heteroatoms. The van der Waals surface area contributed by atoms with E-state index >= 15 is 0 Å². The fraction of sp³-hybridized carbons (Fsp3) is 0.0455. The van der Waals surface area contributed by atoms with E-state index in [0.29, 0.717) is 18.0 Å². The second-order valence-electron chi connectivity index (χ2n) is 6.41. The summed E-state index contributed by atoms with van der Waals surface area (Å²) >= 11 is 0. The molecule has 0 saturated heterocycles. The maximum atomic E-state index is 13.0. The Morgan fingerprint density at radius 3 is 2.76 bits per heavy atom. The van der Waals surface area contributed by atoms with Gasteiger partial charge in [0.05, 0.1) is 11.9 Å². The maximum Gasteiger partial charge on any atom is 0.328 e. The molecule has 0 aliphatic carbocycles. The van der Waals surface area contributed by atoms with Crippen LogP contribution in [0.25, 0.3) is 23.0 Å². The van der Waals surface area contributed by atoms with E-state index in [1.807, 2.05) is 36.4 Å². The van der Waals surface area contributed by atoms with Gasteiger partial charge in [0.1, 0.15) is 11.6 Å². The summed E-state index contributed by atoms with van der Waals surface area (Å²) in [5.41, 5.74) is 4.06. The summed E-state index contributed by atoms with van der Waals surface area (Å²) in [7, 11) is 0. The number of carbonyl (C=O) groups is 1. The normalized spacial score (nSPS) is 11.2. The second-order valence-corrected chi connectivity index (χ2v) is 6.41. The number of aliphatic carboxylic acids is 1. The Balaban J connectivity index is 1.61. The van der Waals surface area contributed by atoms with Crippen LogP contribution in [0.15, 0.2) is 72.9 Å². The van der Waals surface area contributed by atoms with Gasteiger partial charge in [-0.25, -0.2) is 18.7 Å². The Morgan fingerprint density at radius 2 is 1.97 bits per heavy atom. The third kappa shape index (κ3) is 4.30. The number of aromatic nitrogens is 3. The van der Waals surface area contributed by atoms with Crippen molar-refractivity contribution < 1.29 is 14.3 Å². The maximum absolute atomic E-state index is 13.0. The van der Waals surface area contributed by atoms with Crippen molar-refractivity contribution in [1.29, 1.82) is 0 Å². The number of carboxylic acids is 1. The molecule has 0 saturated carbocycles. The first-order chi connectivity index (χ1) is 14.1. The molecule has 0 amide bonds. The standard InChI is InChI=1S/C22H17FN4O2/c23-18-7-4-16(5-8-18)13-24-20-9-10-21-25-14-19(27(21)26-20)17-3-1-2-15(12-17)6-11-22(28)29/h1-12,14H,13H2,(H,24,26)(H,28,29)/b11-6+. The first kappa shape index (κ1) is 18.4. The van der Waals surface area contributed by atoms with Crippen molar-refractivity contribution in [2.75, 3.05) is 5.32 Å². The molecule has 2 aromatic carbocycles. The number of nitrogens with zero attached hydrogens (tertiary/aromatic N) is 3. The number of anilines is 1. The van der Waals surface area contributed by atoms with Crippen LogP contribution in [0.5, 0.6) is 0 Å². The van der Waals surface area contributed by atoms with Gasteiger partial charge in [0.15, 0.2) is 5.65 Å². The Morgan fingerprint density at radius 1 is 1.14 bits per heavy atom. The monoisotopic (exact) mass is 388 g/mol. The fourth-order valence-corrected chi connectivity index (χ4v) is 2.93. The van der Waals surface area contributed by atoms with E-state index in [9.17, 15) is 9.18 Å². The molecule has 6 nitrogen and oxygen atoms in total. The van der Waals surface area contributed by atoms with E-state index in [-0.39, 0.29) is 5.82 Å². The molecule has 2 aromatic heterocycles. The van der Waals surface area contributed by atoms with Gasteiger partial charge in [-0.2, -0.15) is 0 Å². The van der Waals surface area contributed by atoms with Crippen LogP contribution in [-0.4, -0.2) is 25.7 Å². The quantitative estimate of drug-likeness (QED) is 0.483. The third-order valence-electron chi connectivity index (χ3n) is 4.35. The van der Waals surface area contributed by atoms with Crippen LogP contribution in [0.1, 0.15) is 11.1 Å². The van der Waals surface area contributed by atoms with Gasteiger partial charge in [0, 0.05) is 18.2 Å². The summed E-state index contributed by atoms with van der Waals surface area (Å²) < 4.78 is 14.8. The Bertz CT molecular complexity index is 1200. The zero-order chi connectivity index (χ0) is 20.2. The van der Waals surface area contributed by atoms with Gasteiger partial charge in [-0.1, -0.05) is 30.3 Å². The molecule has 29 heavy (non-hydrogen) atoms. The molecule has 0 bridgehead atoms. The van der Waals surface area contributed by atoms with Crippen molar-refractivity contribution in [2.45, 2.75) is 6.54 Å². The highest BCUT2D eigenvalue weighted by atomic mass is 19.1. The first-order valence-electron chi connectivity index (χ1n) is 8.93. The minimum Gasteiger partial charge on any atom is -0.478 e. The number of benzene rings is 2. The zero-order valence-electron chi connectivity index (χ0n) is 15.3. The zero-order valence-corrected chi connectivity index (χ0v) is 15.3. The van der Waals surface area contributed by atoms with E-state index < -0.39 is 5.97 Å². The lowest BCUT2D eigenvalue weighted by atomic mass is 10.1. The van der Waals surface area contributed by atoms with Crippen molar-refractivity contribution in [3.63, 3.8) is 0 Å². The highest BCUT2D eigenvalue weighted by Gasteiger charge is 2.08. The number of halogens is 1. The van der Waals surface area contributed by atoms with Crippen LogP contribution in [0, 0.1) is 5.82 Å². The number of carboxylic acid groups (broad SMARTS) is 1. The topological polar surface area (TPSA) is 79.5 Å². The van der Waals surface area contributed by atoms with Crippen LogP contribution in [0.4, 0.5) is 10.2 Å². The van der Waals surface area contributed by atoms with Gasteiger partial charge in [-0.15, -0.1) is 5.10 Å². The minimum atomic E-state index is -0.997. The summed E-state index contributed by atoms with van der Waals surface area (Å²) in [4.78, 5) is 15.1. The predicted octanol–water partition coefficient (Wildman–Crippen LogP) is 4.25. The van der Waals surface area contributed by atoms with E-state index in [2.05, 4.69) is 15.4 Å². The number of hydrogen-bond donors (Lipinski definition) is 2. The smallest absolute Gasteiger partial charge is 0.328 e. The van der Waals surface area contributed by atoms with Gasteiger partial charge in [0.2, 0.25) is 0 Å². The molecule has 144 valence electrons. The molecule has 0 aliphatic heterocycles. The summed E-state index contributed by atoms with van der Waals surface area (Å²) in [5, 5.41) is 16.6. The average molecular weight is 388 g/mol. The Labute approximate surface area is 166 Å². The summed E-state index contributed by atoms with van der Waals surface area (Å²) in [5.74, 6) is -0.608. The number of nitrogens with one attached hydrogen (secondary N) is 1. The van der Waals surface area contributed by atoms with Gasteiger partial charge in [-0.05, 0) is 47.5 Å². The van der Waals surface area contributed by atoms with Crippen molar-refractivity contribution in [3.05, 3.63) is 89.9 Å². The molecule has 0 fully saturated rings. The summed E-state index contributed by atoms with van der Waals surface area (Å²) in [6, 6.07) is 17.5. The number of rotatable bonds is 6. The first-order valence-corrected chi connectivity index (χ1v) is 8.93. The van der Waals surface area contributed by atoms with Crippen molar-refractivity contribution >= 4 is 23.5 Å². The summed E-state index contributed by atoms with van der Waals surface area (Å²) in [6.07, 6.45) is 4.37. The van der Waals surface area contributed by atoms with Crippen LogP contribution < -0.4 is 5.32 Å². The van der Waals surface area contributed by atoms with E-state index in [0.717, 1.165) is 28.5 Å². The highest BCUT2D eigenvalue weighted by Crippen LogP contribution is 2.22. The molecular formula is C22H17FN4O2. The Hall–Kier alpha value is -4.00. The molecule has 4 aromatic rings. The molecule has 4 rings (SSSR count). The lowest BCUT2D eigenvalue weighted by molar-refractivity contribution is -0.131. The van der Waals surface area contributed by atoms with Crippen LogP contribution in [0.3, 0.4) is 0 Å². The molecule has 0 atom stereocenters. The second kappa shape index (κ2) is 7.93.